The third-order valence-electron chi connectivity index (χ3n) is 6.36. The molecule has 0 aliphatic carbocycles. The quantitative estimate of drug-likeness (QED) is 0.719. The summed E-state index contributed by atoms with van der Waals surface area (Å²) in [5, 5.41) is 0. The van der Waals surface area contributed by atoms with Gasteiger partial charge in [-0.15, -0.1) is 0 Å². The molecule has 3 saturated heterocycles. The van der Waals surface area contributed by atoms with E-state index in [0.29, 0.717) is 24.8 Å². The lowest BCUT2D eigenvalue weighted by atomic mass is 9.95. The molecular weight excluding hydrogens is 385 g/mol. The molecule has 0 N–H and O–H groups in total. The van der Waals surface area contributed by atoms with Crippen LogP contribution in [-0.2, 0) is 27.0 Å². The molecule has 1 aromatic carbocycles. The number of nitrogens with zero attached hydrogens (tertiary/aromatic N) is 2. The molecule has 3 fully saturated rings. The van der Waals surface area contributed by atoms with Crippen LogP contribution in [0.4, 0.5) is 13.2 Å². The number of carbonyl (C=O) groups excluding carboxylic acids is 3. The third kappa shape index (κ3) is 3.89. The summed E-state index contributed by atoms with van der Waals surface area (Å²) in [7, 11) is 0. The number of rotatable bonds is 4. The van der Waals surface area contributed by atoms with Crippen molar-refractivity contribution in [2.24, 2.45) is 0 Å². The van der Waals surface area contributed by atoms with Crippen LogP contribution in [0, 0.1) is 0 Å². The smallest absolute Gasteiger partial charge is 0.337 e. The van der Waals surface area contributed by atoms with Crippen molar-refractivity contribution in [2.45, 2.75) is 75.7 Å². The monoisotopic (exact) mass is 408 g/mol. The van der Waals surface area contributed by atoms with E-state index in [2.05, 4.69) is 0 Å². The van der Waals surface area contributed by atoms with Crippen LogP contribution in [-0.4, -0.2) is 45.6 Å². The number of halogens is 3. The Morgan fingerprint density at radius 3 is 2.00 bits per heavy atom. The predicted molar refractivity (Wildman–Crippen MR) is 97.5 cm³/mol. The maximum absolute atomic E-state index is 12.8. The van der Waals surface area contributed by atoms with E-state index in [1.54, 1.807) is 0 Å². The van der Waals surface area contributed by atoms with E-state index in [0.717, 1.165) is 25.0 Å². The first-order chi connectivity index (χ1) is 13.7. The van der Waals surface area contributed by atoms with Gasteiger partial charge in [-0.2, -0.15) is 13.2 Å². The van der Waals surface area contributed by atoms with Crippen molar-refractivity contribution in [3.8, 4) is 0 Å². The normalized spacial score (nSPS) is 27.1. The van der Waals surface area contributed by atoms with E-state index in [1.807, 2.05) is 4.90 Å². The van der Waals surface area contributed by atoms with Gasteiger partial charge in [0, 0.05) is 37.4 Å². The highest BCUT2D eigenvalue weighted by Crippen LogP contribution is 2.39. The fourth-order valence-electron chi connectivity index (χ4n) is 5.01. The first-order valence-electron chi connectivity index (χ1n) is 10.1. The standard InChI is InChI=1S/C21H23F3N2O3/c22-21(23,24)14-4-1-13(2-5-14)3-8-18(27)25-15-6-7-16(25)12-17(11-15)26-19(28)9-10-20(26)29/h1-2,4-5,15-17H,3,6-12H2. The summed E-state index contributed by atoms with van der Waals surface area (Å²) in [6.45, 7) is 0. The van der Waals surface area contributed by atoms with Gasteiger partial charge < -0.3 is 4.90 Å². The van der Waals surface area contributed by atoms with Gasteiger partial charge in [0.05, 0.1) is 5.56 Å². The summed E-state index contributed by atoms with van der Waals surface area (Å²) in [6, 6.07) is 4.86. The van der Waals surface area contributed by atoms with Gasteiger partial charge in [-0.05, 0) is 49.8 Å². The second-order valence-corrected chi connectivity index (χ2v) is 8.16. The molecular formula is C21H23F3N2O3. The number of hydrogen-bond acceptors (Lipinski definition) is 3. The molecule has 3 aliphatic rings. The number of aryl methyl sites for hydroxylation is 1. The molecule has 5 nitrogen and oxygen atoms in total. The lowest BCUT2D eigenvalue weighted by molar-refractivity contribution is -0.144. The van der Waals surface area contributed by atoms with Crippen molar-refractivity contribution in [2.75, 3.05) is 0 Å². The largest absolute Gasteiger partial charge is 0.416 e. The summed E-state index contributed by atoms with van der Waals surface area (Å²) < 4.78 is 38.0. The van der Waals surface area contributed by atoms with Gasteiger partial charge in [0.15, 0.2) is 0 Å². The minimum atomic E-state index is -4.37. The summed E-state index contributed by atoms with van der Waals surface area (Å²) >= 11 is 0. The lowest BCUT2D eigenvalue weighted by Gasteiger charge is -2.41. The number of amides is 3. The highest BCUT2D eigenvalue weighted by molar-refractivity contribution is 6.02. The van der Waals surface area contributed by atoms with Gasteiger partial charge >= 0.3 is 6.18 Å². The molecule has 2 unspecified atom stereocenters. The molecule has 2 atom stereocenters. The Kier molecular flexibility index (Phi) is 5.12. The first kappa shape index (κ1) is 19.9. The van der Waals surface area contributed by atoms with Crippen LogP contribution >= 0.6 is 0 Å². The molecule has 0 spiro atoms. The molecule has 8 heteroatoms. The van der Waals surface area contributed by atoms with E-state index in [-0.39, 0.29) is 55.1 Å². The summed E-state index contributed by atoms with van der Waals surface area (Å²) in [5.41, 5.74) is 0.000503. The Morgan fingerprint density at radius 2 is 1.48 bits per heavy atom. The SMILES string of the molecule is O=C1CCC(=O)N1C1CC2CCC(C1)N2C(=O)CCc1ccc(C(F)(F)F)cc1. The number of likely N-dealkylation sites (tertiary alicyclic amines) is 1. The molecule has 3 heterocycles. The number of fused-ring (bicyclic) bond motifs is 2. The number of carbonyl (C=O) groups is 3. The van der Waals surface area contributed by atoms with Crippen LogP contribution in [0.5, 0.6) is 0 Å². The summed E-state index contributed by atoms with van der Waals surface area (Å²) in [4.78, 5) is 40.2. The molecule has 0 radical (unpaired) electrons. The molecule has 0 aromatic heterocycles. The van der Waals surface area contributed by atoms with E-state index in [4.69, 9.17) is 0 Å². The molecule has 3 aliphatic heterocycles. The number of piperidine rings is 1. The van der Waals surface area contributed by atoms with Crippen molar-refractivity contribution >= 4 is 17.7 Å². The minimum Gasteiger partial charge on any atom is -0.337 e. The highest BCUT2D eigenvalue weighted by atomic mass is 19.4. The van der Waals surface area contributed by atoms with Crippen molar-refractivity contribution in [1.82, 2.24) is 9.80 Å². The van der Waals surface area contributed by atoms with E-state index in [1.165, 1.54) is 17.0 Å². The van der Waals surface area contributed by atoms with Gasteiger partial charge in [-0.3, -0.25) is 19.3 Å². The van der Waals surface area contributed by atoms with Crippen molar-refractivity contribution < 1.29 is 27.6 Å². The molecule has 1 aromatic rings. The zero-order chi connectivity index (χ0) is 20.8. The first-order valence-corrected chi connectivity index (χ1v) is 10.1. The zero-order valence-corrected chi connectivity index (χ0v) is 16.0. The Labute approximate surface area is 166 Å². The average Bonchev–Trinajstić information content (AvgIpc) is 3.14. The van der Waals surface area contributed by atoms with Crippen LogP contribution in [0.15, 0.2) is 24.3 Å². The maximum atomic E-state index is 12.8. The Morgan fingerprint density at radius 1 is 0.931 bits per heavy atom. The zero-order valence-electron chi connectivity index (χ0n) is 16.0. The Balaban J connectivity index is 1.35. The van der Waals surface area contributed by atoms with Crippen LogP contribution in [0.2, 0.25) is 0 Å². The average molecular weight is 408 g/mol. The molecule has 156 valence electrons. The van der Waals surface area contributed by atoms with Gasteiger partial charge in [-0.1, -0.05) is 12.1 Å². The van der Waals surface area contributed by atoms with Crippen molar-refractivity contribution in [3.05, 3.63) is 35.4 Å². The van der Waals surface area contributed by atoms with Gasteiger partial charge in [0.2, 0.25) is 17.7 Å². The molecule has 29 heavy (non-hydrogen) atoms. The van der Waals surface area contributed by atoms with E-state index >= 15 is 0 Å². The fraction of sp³-hybridized carbons (Fsp3) is 0.571. The predicted octanol–water partition coefficient (Wildman–Crippen LogP) is 3.31. The molecule has 2 bridgehead atoms. The Hall–Kier alpha value is -2.38. The second kappa shape index (κ2) is 7.46. The molecule has 0 saturated carbocycles. The number of benzene rings is 1. The highest BCUT2D eigenvalue weighted by Gasteiger charge is 2.47. The topological polar surface area (TPSA) is 57.7 Å². The van der Waals surface area contributed by atoms with E-state index in [9.17, 15) is 27.6 Å². The van der Waals surface area contributed by atoms with Gasteiger partial charge in [0.25, 0.3) is 0 Å². The third-order valence-corrected chi connectivity index (χ3v) is 6.36. The number of hydrogen-bond donors (Lipinski definition) is 0. The lowest BCUT2D eigenvalue weighted by Crippen LogP contribution is -2.53. The maximum Gasteiger partial charge on any atom is 0.416 e. The molecule has 3 amide bonds. The summed E-state index contributed by atoms with van der Waals surface area (Å²) in [6.07, 6.45) is -0.201. The van der Waals surface area contributed by atoms with Crippen LogP contribution in [0.25, 0.3) is 0 Å². The number of imide groups is 1. The van der Waals surface area contributed by atoms with Crippen LogP contribution < -0.4 is 0 Å². The summed E-state index contributed by atoms with van der Waals surface area (Å²) in [5.74, 6) is -0.224. The van der Waals surface area contributed by atoms with Gasteiger partial charge in [0.1, 0.15) is 0 Å². The minimum absolute atomic E-state index is 0.00470. The van der Waals surface area contributed by atoms with Crippen molar-refractivity contribution in [3.63, 3.8) is 0 Å². The fourth-order valence-corrected chi connectivity index (χ4v) is 5.01. The Bertz CT molecular complexity index is 791. The molecule has 4 rings (SSSR count). The van der Waals surface area contributed by atoms with Crippen LogP contribution in [0.3, 0.4) is 0 Å². The number of alkyl halides is 3. The van der Waals surface area contributed by atoms with E-state index < -0.39 is 11.7 Å². The second-order valence-electron chi connectivity index (χ2n) is 8.16. The van der Waals surface area contributed by atoms with Crippen molar-refractivity contribution in [1.29, 1.82) is 0 Å². The van der Waals surface area contributed by atoms with Crippen LogP contribution in [0.1, 0.15) is 56.1 Å². The van der Waals surface area contributed by atoms with Gasteiger partial charge in [-0.25, -0.2) is 0 Å².